The van der Waals surface area contributed by atoms with Gasteiger partial charge < -0.3 is 10.4 Å². The zero-order chi connectivity index (χ0) is 14.4. The van der Waals surface area contributed by atoms with Gasteiger partial charge in [-0.3, -0.25) is 10.1 Å². The van der Waals surface area contributed by atoms with Crippen molar-refractivity contribution < 1.29 is 9.90 Å². The van der Waals surface area contributed by atoms with E-state index in [0.29, 0.717) is 12.5 Å². The average molecular weight is 264 g/mol. The number of benzene rings is 1. The molecule has 0 fully saturated rings. The standard InChI is InChI=1S/C15H24N2O2/c1-10(2)9-16-15(19)12(4)17-11(3)13-7-5-6-8-14(13)18/h5-8,10-12,17-18H,9H2,1-4H3,(H,16,19). The summed E-state index contributed by atoms with van der Waals surface area (Å²) < 4.78 is 0. The highest BCUT2D eigenvalue weighted by Crippen LogP contribution is 2.23. The number of amides is 1. The Morgan fingerprint density at radius 1 is 1.21 bits per heavy atom. The third-order valence-electron chi connectivity index (χ3n) is 2.98. The third kappa shape index (κ3) is 4.91. The molecule has 0 spiro atoms. The highest BCUT2D eigenvalue weighted by Gasteiger charge is 2.17. The lowest BCUT2D eigenvalue weighted by Crippen LogP contribution is -2.44. The van der Waals surface area contributed by atoms with Crippen molar-refractivity contribution in [2.45, 2.75) is 39.8 Å². The highest BCUT2D eigenvalue weighted by atomic mass is 16.3. The van der Waals surface area contributed by atoms with Crippen LogP contribution < -0.4 is 10.6 Å². The van der Waals surface area contributed by atoms with Crippen LogP contribution in [0.25, 0.3) is 0 Å². The minimum Gasteiger partial charge on any atom is -0.508 e. The van der Waals surface area contributed by atoms with Gasteiger partial charge in [-0.05, 0) is 25.8 Å². The van der Waals surface area contributed by atoms with Gasteiger partial charge in [0, 0.05) is 18.2 Å². The molecule has 2 unspecified atom stereocenters. The molecule has 19 heavy (non-hydrogen) atoms. The molecule has 0 radical (unpaired) electrons. The number of hydrogen-bond donors (Lipinski definition) is 3. The molecule has 1 amide bonds. The summed E-state index contributed by atoms with van der Waals surface area (Å²) in [6.45, 7) is 8.55. The molecule has 1 aromatic rings. The first-order valence-corrected chi connectivity index (χ1v) is 6.73. The van der Waals surface area contributed by atoms with Crippen molar-refractivity contribution in [1.29, 1.82) is 0 Å². The number of hydrogen-bond acceptors (Lipinski definition) is 3. The second-order valence-corrected chi connectivity index (χ2v) is 5.31. The number of phenols is 1. The molecule has 4 nitrogen and oxygen atoms in total. The molecule has 3 N–H and O–H groups in total. The lowest BCUT2D eigenvalue weighted by Gasteiger charge is -2.21. The van der Waals surface area contributed by atoms with Crippen LogP contribution >= 0.6 is 0 Å². The second kappa shape index (κ2) is 7.14. The van der Waals surface area contributed by atoms with Crippen molar-refractivity contribution in [3.05, 3.63) is 29.8 Å². The molecule has 0 aliphatic heterocycles. The topological polar surface area (TPSA) is 61.4 Å². The Morgan fingerprint density at radius 3 is 2.42 bits per heavy atom. The van der Waals surface area contributed by atoms with Crippen LogP contribution in [0.4, 0.5) is 0 Å². The van der Waals surface area contributed by atoms with Crippen LogP contribution in [0, 0.1) is 5.92 Å². The van der Waals surface area contributed by atoms with E-state index >= 15 is 0 Å². The zero-order valence-corrected chi connectivity index (χ0v) is 12.1. The smallest absolute Gasteiger partial charge is 0.236 e. The molecule has 106 valence electrons. The van der Waals surface area contributed by atoms with Gasteiger partial charge in [0.25, 0.3) is 0 Å². The normalized spacial score (nSPS) is 14.2. The maximum Gasteiger partial charge on any atom is 0.236 e. The fraction of sp³-hybridized carbons (Fsp3) is 0.533. The van der Waals surface area contributed by atoms with Gasteiger partial charge in [0.05, 0.1) is 6.04 Å². The number of rotatable bonds is 6. The summed E-state index contributed by atoms with van der Waals surface area (Å²) in [7, 11) is 0. The minimum absolute atomic E-state index is 0.0176. The van der Waals surface area contributed by atoms with E-state index in [4.69, 9.17) is 0 Å². The van der Waals surface area contributed by atoms with Crippen LogP contribution in [0.15, 0.2) is 24.3 Å². The van der Waals surface area contributed by atoms with E-state index in [9.17, 15) is 9.90 Å². The minimum atomic E-state index is -0.298. The van der Waals surface area contributed by atoms with Gasteiger partial charge in [0.15, 0.2) is 0 Å². The summed E-state index contributed by atoms with van der Waals surface area (Å²) in [5.41, 5.74) is 0.797. The molecule has 2 atom stereocenters. The first-order chi connectivity index (χ1) is 8.91. The van der Waals surface area contributed by atoms with Crippen molar-refractivity contribution in [2.75, 3.05) is 6.54 Å². The summed E-state index contributed by atoms with van der Waals surface area (Å²) in [6.07, 6.45) is 0. The first kappa shape index (κ1) is 15.5. The second-order valence-electron chi connectivity index (χ2n) is 5.31. The van der Waals surface area contributed by atoms with Crippen molar-refractivity contribution in [1.82, 2.24) is 10.6 Å². The van der Waals surface area contributed by atoms with E-state index in [2.05, 4.69) is 24.5 Å². The Morgan fingerprint density at radius 2 is 1.84 bits per heavy atom. The van der Waals surface area contributed by atoms with E-state index in [1.807, 2.05) is 26.0 Å². The van der Waals surface area contributed by atoms with Gasteiger partial charge in [-0.2, -0.15) is 0 Å². The third-order valence-corrected chi connectivity index (χ3v) is 2.98. The monoisotopic (exact) mass is 264 g/mol. The Hall–Kier alpha value is -1.55. The van der Waals surface area contributed by atoms with Crippen molar-refractivity contribution in [3.8, 4) is 5.75 Å². The number of carbonyl (C=O) groups is 1. The van der Waals surface area contributed by atoms with Gasteiger partial charge in [0.1, 0.15) is 5.75 Å². The molecule has 4 heteroatoms. The van der Waals surface area contributed by atoms with Gasteiger partial charge in [-0.25, -0.2) is 0 Å². The first-order valence-electron chi connectivity index (χ1n) is 6.73. The molecule has 0 aliphatic carbocycles. The van der Waals surface area contributed by atoms with Crippen LogP contribution in [0.3, 0.4) is 0 Å². The Balaban J connectivity index is 2.54. The number of para-hydroxylation sites is 1. The summed E-state index contributed by atoms with van der Waals surface area (Å²) in [4.78, 5) is 11.9. The van der Waals surface area contributed by atoms with E-state index in [-0.39, 0.29) is 23.7 Å². The van der Waals surface area contributed by atoms with E-state index in [0.717, 1.165) is 5.56 Å². The largest absolute Gasteiger partial charge is 0.508 e. The molecule has 1 rings (SSSR count). The van der Waals surface area contributed by atoms with Crippen LogP contribution in [-0.4, -0.2) is 23.6 Å². The molecule has 0 saturated carbocycles. The molecular formula is C15H24N2O2. The van der Waals surface area contributed by atoms with Gasteiger partial charge in [-0.1, -0.05) is 32.0 Å². The summed E-state index contributed by atoms with van der Waals surface area (Å²) >= 11 is 0. The predicted molar refractivity (Wildman–Crippen MR) is 77.0 cm³/mol. The van der Waals surface area contributed by atoms with Crippen LogP contribution in [0.5, 0.6) is 5.75 Å². The summed E-state index contributed by atoms with van der Waals surface area (Å²) in [5.74, 6) is 0.667. The number of aromatic hydroxyl groups is 1. The number of phenolic OH excluding ortho intramolecular Hbond substituents is 1. The van der Waals surface area contributed by atoms with Crippen molar-refractivity contribution >= 4 is 5.91 Å². The van der Waals surface area contributed by atoms with Gasteiger partial charge >= 0.3 is 0 Å². The average Bonchev–Trinajstić information content (AvgIpc) is 2.36. The fourth-order valence-corrected chi connectivity index (χ4v) is 1.85. The van der Waals surface area contributed by atoms with E-state index in [1.54, 1.807) is 12.1 Å². The summed E-state index contributed by atoms with van der Waals surface area (Å²) in [6, 6.07) is 6.78. The molecular weight excluding hydrogens is 240 g/mol. The molecule has 0 heterocycles. The zero-order valence-electron chi connectivity index (χ0n) is 12.1. The maximum absolute atomic E-state index is 11.9. The van der Waals surface area contributed by atoms with Crippen LogP contribution in [0.2, 0.25) is 0 Å². The van der Waals surface area contributed by atoms with Crippen LogP contribution in [-0.2, 0) is 4.79 Å². The molecule has 0 aliphatic rings. The van der Waals surface area contributed by atoms with E-state index in [1.165, 1.54) is 0 Å². The Bertz CT molecular complexity index is 418. The van der Waals surface area contributed by atoms with Gasteiger partial charge in [-0.15, -0.1) is 0 Å². The molecule has 0 saturated heterocycles. The number of nitrogens with one attached hydrogen (secondary N) is 2. The summed E-state index contributed by atoms with van der Waals surface area (Å²) in [5, 5.41) is 15.8. The fourth-order valence-electron chi connectivity index (χ4n) is 1.85. The van der Waals surface area contributed by atoms with Crippen LogP contribution in [0.1, 0.15) is 39.3 Å². The molecule has 0 aromatic heterocycles. The lowest BCUT2D eigenvalue weighted by atomic mass is 10.1. The highest BCUT2D eigenvalue weighted by molar-refractivity contribution is 5.81. The van der Waals surface area contributed by atoms with Crippen molar-refractivity contribution in [3.63, 3.8) is 0 Å². The molecule has 0 bridgehead atoms. The predicted octanol–water partition coefficient (Wildman–Crippen LogP) is 2.20. The quantitative estimate of drug-likeness (QED) is 0.738. The van der Waals surface area contributed by atoms with Crippen molar-refractivity contribution in [2.24, 2.45) is 5.92 Å². The van der Waals surface area contributed by atoms with E-state index < -0.39 is 0 Å². The Kier molecular flexibility index (Phi) is 5.83. The number of carbonyl (C=O) groups excluding carboxylic acids is 1. The lowest BCUT2D eigenvalue weighted by molar-refractivity contribution is -0.123. The van der Waals surface area contributed by atoms with Gasteiger partial charge in [0.2, 0.25) is 5.91 Å². The SMILES string of the molecule is CC(C)CNC(=O)C(C)NC(C)c1ccccc1O. The Labute approximate surface area is 115 Å². The molecule has 1 aromatic carbocycles. The maximum atomic E-state index is 11.9.